The number of thiazole rings is 1. The standard InChI is InChI=1S/C21H14F2N4S/c22-16-8-6-14(12-17(16)23)21-15(13-27(26-21)11-3-10-24)7-9-20-25-18-4-1-2-5-19(18)28-20/h1-2,4-9,12-13H,3,11H2/b9-7+. The molecule has 2 aromatic carbocycles. The average molecular weight is 392 g/mol. The summed E-state index contributed by atoms with van der Waals surface area (Å²) in [5.74, 6) is -1.83. The van der Waals surface area contributed by atoms with Crippen molar-refractivity contribution in [3.05, 3.63) is 70.9 Å². The molecule has 0 N–H and O–H groups in total. The first-order valence-electron chi connectivity index (χ1n) is 8.57. The second-order valence-electron chi connectivity index (χ2n) is 6.09. The Morgan fingerprint density at radius 3 is 2.75 bits per heavy atom. The monoisotopic (exact) mass is 392 g/mol. The van der Waals surface area contributed by atoms with E-state index in [4.69, 9.17) is 5.26 Å². The molecule has 0 unspecified atom stereocenters. The van der Waals surface area contributed by atoms with Gasteiger partial charge in [-0.25, -0.2) is 13.8 Å². The van der Waals surface area contributed by atoms with Gasteiger partial charge in [-0.2, -0.15) is 10.4 Å². The van der Waals surface area contributed by atoms with E-state index in [0.29, 0.717) is 24.2 Å². The van der Waals surface area contributed by atoms with Gasteiger partial charge < -0.3 is 0 Å². The Labute approximate surface area is 164 Å². The number of fused-ring (bicyclic) bond motifs is 1. The van der Waals surface area contributed by atoms with Crippen LogP contribution in [0.1, 0.15) is 17.0 Å². The lowest BCUT2D eigenvalue weighted by atomic mass is 10.1. The van der Waals surface area contributed by atoms with Gasteiger partial charge in [-0.1, -0.05) is 12.1 Å². The Kier molecular flexibility index (Phi) is 4.96. The molecule has 0 aliphatic heterocycles. The van der Waals surface area contributed by atoms with E-state index in [-0.39, 0.29) is 0 Å². The molecule has 138 valence electrons. The van der Waals surface area contributed by atoms with E-state index in [0.717, 1.165) is 32.9 Å². The molecule has 2 heterocycles. The van der Waals surface area contributed by atoms with E-state index in [2.05, 4.69) is 16.2 Å². The van der Waals surface area contributed by atoms with Crippen molar-refractivity contribution in [1.82, 2.24) is 14.8 Å². The third-order valence-electron chi connectivity index (χ3n) is 4.15. The minimum atomic E-state index is -0.926. The van der Waals surface area contributed by atoms with Crippen LogP contribution in [0.4, 0.5) is 8.78 Å². The Hall–Kier alpha value is -3.37. The van der Waals surface area contributed by atoms with Crippen LogP contribution in [0.5, 0.6) is 0 Å². The van der Waals surface area contributed by atoms with Crippen LogP contribution >= 0.6 is 11.3 Å². The molecule has 28 heavy (non-hydrogen) atoms. The van der Waals surface area contributed by atoms with Crippen molar-refractivity contribution >= 4 is 33.7 Å². The number of nitriles is 1. The summed E-state index contributed by atoms with van der Waals surface area (Å²) in [6.07, 6.45) is 5.82. The fourth-order valence-electron chi connectivity index (χ4n) is 2.83. The molecule has 4 aromatic rings. The summed E-state index contributed by atoms with van der Waals surface area (Å²) in [4.78, 5) is 4.56. The van der Waals surface area contributed by atoms with E-state index in [1.54, 1.807) is 22.2 Å². The fourth-order valence-corrected chi connectivity index (χ4v) is 3.70. The van der Waals surface area contributed by atoms with Gasteiger partial charge in [0.1, 0.15) is 5.01 Å². The van der Waals surface area contributed by atoms with Crippen LogP contribution in [-0.2, 0) is 6.54 Å². The van der Waals surface area contributed by atoms with Crippen molar-refractivity contribution in [2.24, 2.45) is 0 Å². The molecule has 0 saturated heterocycles. The number of hydrogen-bond donors (Lipinski definition) is 0. The Balaban J connectivity index is 1.72. The maximum absolute atomic E-state index is 13.7. The second-order valence-corrected chi connectivity index (χ2v) is 7.15. The van der Waals surface area contributed by atoms with E-state index in [9.17, 15) is 8.78 Å². The summed E-state index contributed by atoms with van der Waals surface area (Å²) in [6, 6.07) is 13.6. The molecule has 0 saturated carbocycles. The summed E-state index contributed by atoms with van der Waals surface area (Å²) in [6.45, 7) is 0.419. The highest BCUT2D eigenvalue weighted by molar-refractivity contribution is 7.19. The first-order valence-corrected chi connectivity index (χ1v) is 9.39. The second kappa shape index (κ2) is 7.71. The molecule has 4 rings (SSSR count). The van der Waals surface area contributed by atoms with Crippen molar-refractivity contribution in [1.29, 1.82) is 5.26 Å². The molecule has 2 aromatic heterocycles. The first kappa shape index (κ1) is 18.0. The summed E-state index contributed by atoms with van der Waals surface area (Å²) >= 11 is 1.57. The molecule has 7 heteroatoms. The van der Waals surface area contributed by atoms with Gasteiger partial charge in [0, 0.05) is 17.3 Å². The van der Waals surface area contributed by atoms with E-state index in [1.807, 2.05) is 36.4 Å². The summed E-state index contributed by atoms with van der Waals surface area (Å²) < 4.78 is 29.7. The van der Waals surface area contributed by atoms with Crippen LogP contribution in [0.25, 0.3) is 33.6 Å². The van der Waals surface area contributed by atoms with E-state index >= 15 is 0 Å². The largest absolute Gasteiger partial charge is 0.270 e. The third-order valence-corrected chi connectivity index (χ3v) is 5.15. The van der Waals surface area contributed by atoms with Crippen molar-refractivity contribution < 1.29 is 8.78 Å². The predicted octanol–water partition coefficient (Wildman–Crippen LogP) is 5.52. The fraction of sp³-hybridized carbons (Fsp3) is 0.0952. The molecular formula is C21H14F2N4S. The highest BCUT2D eigenvalue weighted by atomic mass is 32.1. The van der Waals surface area contributed by atoms with Gasteiger partial charge in [-0.15, -0.1) is 11.3 Å². The molecule has 0 bridgehead atoms. The molecule has 0 spiro atoms. The lowest BCUT2D eigenvalue weighted by Crippen LogP contribution is -1.97. The highest BCUT2D eigenvalue weighted by Crippen LogP contribution is 2.27. The van der Waals surface area contributed by atoms with Gasteiger partial charge in [0.25, 0.3) is 0 Å². The zero-order valence-electron chi connectivity index (χ0n) is 14.6. The number of aromatic nitrogens is 3. The van der Waals surface area contributed by atoms with E-state index in [1.165, 1.54) is 6.07 Å². The van der Waals surface area contributed by atoms with Crippen LogP contribution in [0.15, 0.2) is 48.7 Å². The SMILES string of the molecule is N#CCCn1cc(/C=C/c2nc3ccccc3s2)c(-c2ccc(F)c(F)c2)n1. The number of rotatable bonds is 5. The number of aryl methyl sites for hydroxylation is 1. The highest BCUT2D eigenvalue weighted by Gasteiger charge is 2.12. The number of para-hydroxylation sites is 1. The van der Waals surface area contributed by atoms with Crippen LogP contribution in [0, 0.1) is 23.0 Å². The van der Waals surface area contributed by atoms with Gasteiger partial charge >= 0.3 is 0 Å². The van der Waals surface area contributed by atoms with Crippen LogP contribution in [0.3, 0.4) is 0 Å². The summed E-state index contributed by atoms with van der Waals surface area (Å²) in [5, 5.41) is 14.1. The lowest BCUT2D eigenvalue weighted by molar-refractivity contribution is 0.509. The van der Waals surface area contributed by atoms with Gasteiger partial charge in [-0.3, -0.25) is 4.68 Å². The smallest absolute Gasteiger partial charge is 0.159 e. The topological polar surface area (TPSA) is 54.5 Å². The molecule has 4 nitrogen and oxygen atoms in total. The zero-order valence-corrected chi connectivity index (χ0v) is 15.5. The summed E-state index contributed by atoms with van der Waals surface area (Å²) in [7, 11) is 0. The quantitative estimate of drug-likeness (QED) is 0.449. The molecule has 0 radical (unpaired) electrons. The van der Waals surface area contributed by atoms with Crippen molar-refractivity contribution in [3.8, 4) is 17.3 Å². The lowest BCUT2D eigenvalue weighted by Gasteiger charge is -2.00. The Morgan fingerprint density at radius 2 is 1.96 bits per heavy atom. The Morgan fingerprint density at radius 1 is 1.11 bits per heavy atom. The van der Waals surface area contributed by atoms with Gasteiger partial charge in [0.2, 0.25) is 0 Å². The van der Waals surface area contributed by atoms with Gasteiger partial charge in [0.15, 0.2) is 11.6 Å². The maximum Gasteiger partial charge on any atom is 0.159 e. The van der Waals surface area contributed by atoms with Crippen molar-refractivity contribution in [3.63, 3.8) is 0 Å². The zero-order chi connectivity index (χ0) is 19.5. The average Bonchev–Trinajstić information content (AvgIpc) is 3.30. The van der Waals surface area contributed by atoms with Crippen LogP contribution in [0.2, 0.25) is 0 Å². The minimum absolute atomic E-state index is 0.305. The van der Waals surface area contributed by atoms with Crippen LogP contribution < -0.4 is 0 Å². The number of nitrogens with zero attached hydrogens (tertiary/aromatic N) is 4. The molecule has 0 aliphatic carbocycles. The maximum atomic E-state index is 13.7. The number of hydrogen-bond acceptors (Lipinski definition) is 4. The van der Waals surface area contributed by atoms with Crippen molar-refractivity contribution in [2.75, 3.05) is 0 Å². The molecule has 0 aliphatic rings. The molecule has 0 amide bonds. The van der Waals surface area contributed by atoms with Gasteiger partial charge in [0.05, 0.1) is 34.9 Å². The molecular weight excluding hydrogens is 378 g/mol. The molecule has 0 fully saturated rings. The predicted molar refractivity (Wildman–Crippen MR) is 106 cm³/mol. The molecule has 0 atom stereocenters. The van der Waals surface area contributed by atoms with Crippen LogP contribution in [-0.4, -0.2) is 14.8 Å². The first-order chi connectivity index (χ1) is 13.6. The number of benzene rings is 2. The third kappa shape index (κ3) is 3.68. The van der Waals surface area contributed by atoms with E-state index < -0.39 is 11.6 Å². The normalized spacial score (nSPS) is 11.3. The minimum Gasteiger partial charge on any atom is -0.270 e. The summed E-state index contributed by atoms with van der Waals surface area (Å²) in [5.41, 5.74) is 2.66. The van der Waals surface area contributed by atoms with Crippen molar-refractivity contribution in [2.45, 2.75) is 13.0 Å². The number of halogens is 2. The van der Waals surface area contributed by atoms with Gasteiger partial charge in [-0.05, 0) is 42.5 Å². The Bertz CT molecular complexity index is 1180.